The van der Waals surface area contributed by atoms with E-state index in [0.717, 1.165) is 0 Å². The fraction of sp³-hybridized carbons (Fsp3) is 1.00. The van der Waals surface area contributed by atoms with Crippen molar-refractivity contribution in [2.75, 3.05) is 32.7 Å². The molecule has 0 saturated carbocycles. The number of likely N-dealkylation sites (tertiary alicyclic amines) is 1. The number of hydrogen-bond donors (Lipinski definition) is 1. The molecule has 0 bridgehead atoms. The summed E-state index contributed by atoms with van der Waals surface area (Å²) in [7, 11) is 0. The molecule has 84 valence electrons. The number of hydrogen-bond acceptors (Lipinski definition) is 2. The third kappa shape index (κ3) is 5.61. The first kappa shape index (κ1) is 12.0. The number of rotatable bonds is 8. The third-order valence-corrected chi connectivity index (χ3v) is 2.98. The van der Waals surface area contributed by atoms with Crippen LogP contribution in [0.2, 0.25) is 0 Å². The largest absolute Gasteiger partial charge is 0.317 e. The van der Waals surface area contributed by atoms with E-state index >= 15 is 0 Å². The summed E-state index contributed by atoms with van der Waals surface area (Å²) in [6.45, 7) is 8.67. The molecule has 14 heavy (non-hydrogen) atoms. The quantitative estimate of drug-likeness (QED) is 0.602. The Balaban J connectivity index is 1.75. The van der Waals surface area contributed by atoms with Crippen LogP contribution in [0.25, 0.3) is 0 Å². The van der Waals surface area contributed by atoms with Crippen LogP contribution in [0.4, 0.5) is 0 Å². The van der Waals surface area contributed by atoms with Crippen LogP contribution in [0.5, 0.6) is 0 Å². The molecule has 1 N–H and O–H groups in total. The molecule has 1 saturated heterocycles. The zero-order valence-corrected chi connectivity index (χ0v) is 9.73. The second-order valence-corrected chi connectivity index (χ2v) is 4.36. The van der Waals surface area contributed by atoms with Gasteiger partial charge in [-0.05, 0) is 58.4 Å². The van der Waals surface area contributed by atoms with Gasteiger partial charge in [-0.2, -0.15) is 0 Å². The van der Waals surface area contributed by atoms with Gasteiger partial charge in [-0.1, -0.05) is 19.8 Å². The van der Waals surface area contributed by atoms with Crippen molar-refractivity contribution in [2.24, 2.45) is 0 Å². The molecule has 2 heteroatoms. The Labute approximate surface area is 89.1 Å². The molecule has 1 fully saturated rings. The maximum atomic E-state index is 3.52. The van der Waals surface area contributed by atoms with Gasteiger partial charge in [0, 0.05) is 0 Å². The molecule has 1 aliphatic heterocycles. The van der Waals surface area contributed by atoms with Crippen molar-refractivity contribution < 1.29 is 0 Å². The highest BCUT2D eigenvalue weighted by Gasteiger charge is 2.09. The van der Waals surface area contributed by atoms with E-state index in [2.05, 4.69) is 17.1 Å². The lowest BCUT2D eigenvalue weighted by atomic mass is 10.2. The van der Waals surface area contributed by atoms with Crippen LogP contribution in [0, 0.1) is 0 Å². The van der Waals surface area contributed by atoms with Gasteiger partial charge in [-0.15, -0.1) is 0 Å². The Bertz CT molecular complexity index is 119. The number of unbranched alkanes of at least 4 members (excludes halogenated alkanes) is 2. The van der Waals surface area contributed by atoms with Crippen LogP contribution < -0.4 is 5.32 Å². The van der Waals surface area contributed by atoms with Crippen molar-refractivity contribution in [3.63, 3.8) is 0 Å². The minimum atomic E-state index is 1.21. The summed E-state index contributed by atoms with van der Waals surface area (Å²) in [4.78, 5) is 2.59. The first-order chi connectivity index (χ1) is 6.93. The van der Waals surface area contributed by atoms with Crippen molar-refractivity contribution in [1.29, 1.82) is 0 Å². The molecule has 0 atom stereocenters. The molecular formula is C12H26N2. The van der Waals surface area contributed by atoms with E-state index in [1.54, 1.807) is 0 Å². The zero-order chi connectivity index (χ0) is 10.1. The van der Waals surface area contributed by atoms with Gasteiger partial charge in [0.1, 0.15) is 0 Å². The van der Waals surface area contributed by atoms with Crippen LogP contribution >= 0.6 is 0 Å². The Morgan fingerprint density at radius 2 is 1.71 bits per heavy atom. The highest BCUT2D eigenvalue weighted by molar-refractivity contribution is 4.66. The van der Waals surface area contributed by atoms with Crippen LogP contribution in [0.1, 0.15) is 45.4 Å². The van der Waals surface area contributed by atoms with Crippen LogP contribution in [0.15, 0.2) is 0 Å². The van der Waals surface area contributed by atoms with E-state index in [1.165, 1.54) is 71.2 Å². The fourth-order valence-electron chi connectivity index (χ4n) is 2.06. The van der Waals surface area contributed by atoms with Crippen molar-refractivity contribution >= 4 is 0 Å². The highest BCUT2D eigenvalue weighted by Crippen LogP contribution is 2.06. The molecule has 0 radical (unpaired) electrons. The normalized spacial score (nSPS) is 17.8. The molecular weight excluding hydrogens is 172 g/mol. The summed E-state index contributed by atoms with van der Waals surface area (Å²) in [6.07, 6.45) is 8.22. The topological polar surface area (TPSA) is 15.3 Å². The molecule has 0 amide bonds. The van der Waals surface area contributed by atoms with E-state index in [-0.39, 0.29) is 0 Å². The molecule has 0 aromatic rings. The second kappa shape index (κ2) is 8.25. The van der Waals surface area contributed by atoms with Gasteiger partial charge in [-0.3, -0.25) is 0 Å². The molecule has 0 aromatic heterocycles. The van der Waals surface area contributed by atoms with Crippen molar-refractivity contribution in [3.8, 4) is 0 Å². The smallest absolute Gasteiger partial charge is 0.000664 e. The van der Waals surface area contributed by atoms with E-state index in [4.69, 9.17) is 0 Å². The van der Waals surface area contributed by atoms with Crippen molar-refractivity contribution in [1.82, 2.24) is 10.2 Å². The highest BCUT2D eigenvalue weighted by atomic mass is 15.1. The Morgan fingerprint density at radius 3 is 2.43 bits per heavy atom. The number of nitrogens with zero attached hydrogens (tertiary/aromatic N) is 1. The van der Waals surface area contributed by atoms with Gasteiger partial charge in [0.2, 0.25) is 0 Å². The molecule has 2 nitrogen and oxygen atoms in total. The molecule has 0 spiro atoms. The predicted molar refractivity (Wildman–Crippen MR) is 62.7 cm³/mol. The third-order valence-electron chi connectivity index (χ3n) is 2.98. The zero-order valence-electron chi connectivity index (χ0n) is 9.73. The summed E-state index contributed by atoms with van der Waals surface area (Å²) in [6, 6.07) is 0. The van der Waals surface area contributed by atoms with Gasteiger partial charge in [-0.25, -0.2) is 0 Å². The van der Waals surface area contributed by atoms with Crippen LogP contribution in [-0.2, 0) is 0 Å². The summed E-state index contributed by atoms with van der Waals surface area (Å²) in [5.74, 6) is 0. The molecule has 0 unspecified atom stereocenters. The van der Waals surface area contributed by atoms with Gasteiger partial charge in [0.05, 0.1) is 0 Å². The standard InChI is InChI=1S/C12H26N2/c1-2-3-4-8-13-9-7-12-14-10-5-6-11-14/h13H,2-12H2,1H3. The summed E-state index contributed by atoms with van der Waals surface area (Å²) >= 11 is 0. The summed E-state index contributed by atoms with van der Waals surface area (Å²) < 4.78 is 0. The van der Waals surface area contributed by atoms with Gasteiger partial charge in [0.15, 0.2) is 0 Å². The Hall–Kier alpha value is -0.0800. The van der Waals surface area contributed by atoms with Crippen LogP contribution in [0.3, 0.4) is 0 Å². The summed E-state index contributed by atoms with van der Waals surface area (Å²) in [5, 5.41) is 3.52. The average molecular weight is 198 g/mol. The molecule has 0 aliphatic carbocycles. The lowest BCUT2D eigenvalue weighted by molar-refractivity contribution is 0.331. The van der Waals surface area contributed by atoms with Crippen molar-refractivity contribution in [2.45, 2.75) is 45.4 Å². The minimum Gasteiger partial charge on any atom is -0.317 e. The molecule has 1 heterocycles. The van der Waals surface area contributed by atoms with E-state index in [1.807, 2.05) is 0 Å². The van der Waals surface area contributed by atoms with E-state index < -0.39 is 0 Å². The minimum absolute atomic E-state index is 1.21. The van der Waals surface area contributed by atoms with Gasteiger partial charge in [0.25, 0.3) is 0 Å². The van der Waals surface area contributed by atoms with Crippen molar-refractivity contribution in [3.05, 3.63) is 0 Å². The lowest BCUT2D eigenvalue weighted by Gasteiger charge is -2.14. The van der Waals surface area contributed by atoms with Gasteiger partial charge >= 0.3 is 0 Å². The van der Waals surface area contributed by atoms with Crippen LogP contribution in [-0.4, -0.2) is 37.6 Å². The maximum Gasteiger partial charge on any atom is -0.000664 e. The maximum absolute atomic E-state index is 3.52. The predicted octanol–water partition coefficient (Wildman–Crippen LogP) is 2.25. The molecule has 1 rings (SSSR count). The van der Waals surface area contributed by atoms with Gasteiger partial charge < -0.3 is 10.2 Å². The SMILES string of the molecule is CCCCCNCCCN1CCCC1. The molecule has 1 aliphatic rings. The Kier molecular flexibility index (Phi) is 7.06. The van der Waals surface area contributed by atoms with E-state index in [9.17, 15) is 0 Å². The summed E-state index contributed by atoms with van der Waals surface area (Å²) in [5.41, 5.74) is 0. The average Bonchev–Trinajstić information content (AvgIpc) is 2.69. The first-order valence-electron chi connectivity index (χ1n) is 6.36. The lowest BCUT2D eigenvalue weighted by Crippen LogP contribution is -2.25. The Morgan fingerprint density at radius 1 is 1.00 bits per heavy atom. The number of nitrogens with one attached hydrogen (secondary N) is 1. The fourth-order valence-corrected chi connectivity index (χ4v) is 2.06. The second-order valence-electron chi connectivity index (χ2n) is 4.36. The van der Waals surface area contributed by atoms with E-state index in [0.29, 0.717) is 0 Å². The monoisotopic (exact) mass is 198 g/mol. The first-order valence-corrected chi connectivity index (χ1v) is 6.36. The molecule has 0 aromatic carbocycles.